The summed E-state index contributed by atoms with van der Waals surface area (Å²) < 4.78 is 5.32. The molecule has 0 saturated heterocycles. The third-order valence-corrected chi connectivity index (χ3v) is 3.31. The van der Waals surface area contributed by atoms with Gasteiger partial charge in [0.25, 0.3) is 5.91 Å². The standard InChI is InChI=1S/C17H18ClN3O2/c1-10(2)8-14(19-4)16-15(11(3)21-23-16)17(22)20-13-7-5-6-12(18)9-13/h5-9H,1-4H3,(H,20,22). The van der Waals surface area contributed by atoms with Gasteiger partial charge in [0, 0.05) is 17.8 Å². The molecule has 1 heterocycles. The molecule has 120 valence electrons. The van der Waals surface area contributed by atoms with E-state index in [1.165, 1.54) is 0 Å². The first-order valence-corrected chi connectivity index (χ1v) is 7.45. The number of rotatable bonds is 4. The van der Waals surface area contributed by atoms with Crippen LogP contribution in [-0.4, -0.2) is 23.8 Å². The first-order chi connectivity index (χ1) is 10.9. The molecule has 0 fully saturated rings. The number of nitrogens with zero attached hydrogens (tertiary/aromatic N) is 2. The normalized spacial score (nSPS) is 11.3. The Balaban J connectivity index is 2.38. The quantitative estimate of drug-likeness (QED) is 0.850. The van der Waals surface area contributed by atoms with Gasteiger partial charge in [-0.3, -0.25) is 9.79 Å². The van der Waals surface area contributed by atoms with Crippen molar-refractivity contribution >= 4 is 28.9 Å². The van der Waals surface area contributed by atoms with Crippen LogP contribution < -0.4 is 5.32 Å². The van der Waals surface area contributed by atoms with E-state index in [0.717, 1.165) is 5.57 Å². The molecule has 1 amide bonds. The predicted molar refractivity (Wildman–Crippen MR) is 92.5 cm³/mol. The average molecular weight is 332 g/mol. The van der Waals surface area contributed by atoms with E-state index in [9.17, 15) is 4.79 Å². The second-order valence-electron chi connectivity index (χ2n) is 5.27. The van der Waals surface area contributed by atoms with E-state index in [1.54, 1.807) is 38.2 Å². The Bertz CT molecular complexity index is 787. The van der Waals surface area contributed by atoms with Crippen LogP contribution in [0.2, 0.25) is 5.02 Å². The largest absolute Gasteiger partial charge is 0.353 e. The molecule has 0 unspecified atom stereocenters. The molecule has 0 aliphatic heterocycles. The molecule has 5 nitrogen and oxygen atoms in total. The minimum atomic E-state index is -0.315. The lowest BCUT2D eigenvalue weighted by Crippen LogP contribution is -2.16. The fourth-order valence-corrected chi connectivity index (χ4v) is 2.27. The molecular formula is C17H18ClN3O2. The smallest absolute Gasteiger partial charge is 0.261 e. The number of nitrogens with one attached hydrogen (secondary N) is 1. The number of carbonyl (C=O) groups is 1. The summed E-state index contributed by atoms with van der Waals surface area (Å²) >= 11 is 5.94. The van der Waals surface area contributed by atoms with Crippen LogP contribution in [0.15, 0.2) is 45.4 Å². The fourth-order valence-electron chi connectivity index (χ4n) is 2.08. The molecule has 2 aromatic rings. The van der Waals surface area contributed by atoms with Crippen molar-refractivity contribution in [2.45, 2.75) is 20.8 Å². The summed E-state index contributed by atoms with van der Waals surface area (Å²) in [6, 6.07) is 6.94. The number of aromatic nitrogens is 1. The minimum Gasteiger partial charge on any atom is -0.353 e. The van der Waals surface area contributed by atoms with E-state index in [0.29, 0.717) is 33.4 Å². The highest BCUT2D eigenvalue weighted by atomic mass is 35.5. The topological polar surface area (TPSA) is 67.5 Å². The van der Waals surface area contributed by atoms with Gasteiger partial charge in [0.05, 0.1) is 5.69 Å². The van der Waals surface area contributed by atoms with E-state index in [1.807, 2.05) is 19.9 Å². The Morgan fingerprint density at radius 3 is 2.74 bits per heavy atom. The summed E-state index contributed by atoms with van der Waals surface area (Å²) in [5, 5.41) is 7.25. The molecule has 0 spiro atoms. The number of hydrogen-bond donors (Lipinski definition) is 1. The number of aryl methyl sites for hydroxylation is 1. The van der Waals surface area contributed by atoms with Gasteiger partial charge in [-0.25, -0.2) is 0 Å². The van der Waals surface area contributed by atoms with Gasteiger partial charge in [-0.1, -0.05) is 28.4 Å². The van der Waals surface area contributed by atoms with Gasteiger partial charge in [0.2, 0.25) is 0 Å². The number of amides is 1. The van der Waals surface area contributed by atoms with Crippen LogP contribution in [0.5, 0.6) is 0 Å². The van der Waals surface area contributed by atoms with Crippen LogP contribution in [0.1, 0.15) is 35.7 Å². The molecule has 1 N–H and O–H groups in total. The SMILES string of the molecule is CN=C(C=C(C)C)c1onc(C)c1C(=O)Nc1cccc(Cl)c1. The van der Waals surface area contributed by atoms with Crippen LogP contribution in [0.25, 0.3) is 0 Å². The molecule has 1 aromatic carbocycles. The highest BCUT2D eigenvalue weighted by Gasteiger charge is 2.23. The molecule has 0 aliphatic rings. The molecular weight excluding hydrogens is 314 g/mol. The van der Waals surface area contributed by atoms with Crippen LogP contribution >= 0.6 is 11.6 Å². The highest BCUT2D eigenvalue weighted by Crippen LogP contribution is 2.20. The Morgan fingerprint density at radius 1 is 1.39 bits per heavy atom. The summed E-state index contributed by atoms with van der Waals surface area (Å²) in [6.07, 6.45) is 1.84. The lowest BCUT2D eigenvalue weighted by molar-refractivity contribution is 0.102. The molecule has 0 atom stereocenters. The van der Waals surface area contributed by atoms with Crippen LogP contribution in [0.3, 0.4) is 0 Å². The van der Waals surface area contributed by atoms with Crippen molar-refractivity contribution in [2.24, 2.45) is 4.99 Å². The molecule has 2 rings (SSSR count). The first-order valence-electron chi connectivity index (χ1n) is 7.07. The Morgan fingerprint density at radius 2 is 2.13 bits per heavy atom. The van der Waals surface area contributed by atoms with Gasteiger partial charge in [0.1, 0.15) is 11.3 Å². The third kappa shape index (κ3) is 4.07. The van der Waals surface area contributed by atoms with E-state index < -0.39 is 0 Å². The maximum Gasteiger partial charge on any atom is 0.261 e. The van der Waals surface area contributed by atoms with Gasteiger partial charge in [-0.2, -0.15) is 0 Å². The van der Waals surface area contributed by atoms with Gasteiger partial charge in [0.15, 0.2) is 5.76 Å². The lowest BCUT2D eigenvalue weighted by atomic mass is 10.1. The van der Waals surface area contributed by atoms with Crippen molar-refractivity contribution < 1.29 is 9.32 Å². The summed E-state index contributed by atoms with van der Waals surface area (Å²) in [7, 11) is 1.64. The molecule has 6 heteroatoms. The number of carbonyl (C=O) groups excluding carboxylic acids is 1. The van der Waals surface area contributed by atoms with Gasteiger partial charge in [-0.15, -0.1) is 0 Å². The number of hydrogen-bond acceptors (Lipinski definition) is 4. The number of halogens is 1. The third-order valence-electron chi connectivity index (χ3n) is 3.07. The van der Waals surface area contributed by atoms with Crippen LogP contribution in [-0.2, 0) is 0 Å². The van der Waals surface area contributed by atoms with Crippen molar-refractivity contribution in [3.8, 4) is 0 Å². The molecule has 1 aromatic heterocycles. The van der Waals surface area contributed by atoms with Gasteiger partial charge >= 0.3 is 0 Å². The van der Waals surface area contributed by atoms with Crippen LogP contribution in [0, 0.1) is 6.92 Å². The number of benzene rings is 1. The fraction of sp³-hybridized carbons (Fsp3) is 0.235. The Labute approximate surface area is 140 Å². The summed E-state index contributed by atoms with van der Waals surface area (Å²) in [5.41, 5.74) is 3.08. The van der Waals surface area contributed by atoms with Crippen molar-refractivity contribution in [2.75, 3.05) is 12.4 Å². The summed E-state index contributed by atoms with van der Waals surface area (Å²) in [6.45, 7) is 5.61. The van der Waals surface area contributed by atoms with Gasteiger partial charge < -0.3 is 9.84 Å². The van der Waals surface area contributed by atoms with Crippen molar-refractivity contribution in [3.63, 3.8) is 0 Å². The molecule has 0 radical (unpaired) electrons. The molecule has 0 bridgehead atoms. The zero-order valence-electron chi connectivity index (χ0n) is 13.5. The second-order valence-corrected chi connectivity index (χ2v) is 5.70. The zero-order valence-corrected chi connectivity index (χ0v) is 14.2. The van der Waals surface area contributed by atoms with E-state index >= 15 is 0 Å². The Kier molecular flexibility index (Phi) is 5.34. The van der Waals surface area contributed by atoms with Crippen molar-refractivity contribution in [3.05, 3.63) is 58.0 Å². The van der Waals surface area contributed by atoms with Gasteiger partial charge in [-0.05, 0) is 45.0 Å². The van der Waals surface area contributed by atoms with E-state index in [-0.39, 0.29) is 5.91 Å². The maximum atomic E-state index is 12.6. The predicted octanol–water partition coefficient (Wildman–Crippen LogP) is 4.27. The number of allylic oxidation sites excluding steroid dienone is 2. The number of aliphatic imine (C=N–C) groups is 1. The second kappa shape index (κ2) is 7.24. The average Bonchev–Trinajstić information content (AvgIpc) is 2.86. The zero-order chi connectivity index (χ0) is 17.0. The maximum absolute atomic E-state index is 12.6. The molecule has 23 heavy (non-hydrogen) atoms. The highest BCUT2D eigenvalue weighted by molar-refractivity contribution is 6.31. The summed E-state index contributed by atoms with van der Waals surface area (Å²) in [5.74, 6) is 0.0371. The van der Waals surface area contributed by atoms with E-state index in [2.05, 4.69) is 15.5 Å². The molecule has 0 saturated carbocycles. The first kappa shape index (κ1) is 17.0. The summed E-state index contributed by atoms with van der Waals surface area (Å²) in [4.78, 5) is 16.8. The lowest BCUT2D eigenvalue weighted by Gasteiger charge is -2.06. The van der Waals surface area contributed by atoms with E-state index in [4.69, 9.17) is 16.1 Å². The van der Waals surface area contributed by atoms with Crippen molar-refractivity contribution in [1.82, 2.24) is 5.16 Å². The van der Waals surface area contributed by atoms with Crippen molar-refractivity contribution in [1.29, 1.82) is 0 Å². The minimum absolute atomic E-state index is 0.315. The monoisotopic (exact) mass is 331 g/mol. The van der Waals surface area contributed by atoms with Crippen LogP contribution in [0.4, 0.5) is 5.69 Å². The Hall–Kier alpha value is -2.40. The molecule has 0 aliphatic carbocycles. The number of anilines is 1.